The molecule has 0 aromatic heterocycles. The zero-order valence-corrected chi connectivity index (χ0v) is 16.2. The Bertz CT molecular complexity index is 523. The molecule has 0 bridgehead atoms. The number of nitrogens with zero attached hydrogens (tertiary/aromatic N) is 2. The summed E-state index contributed by atoms with van der Waals surface area (Å²) in [5, 5.41) is 40.3. The van der Waals surface area contributed by atoms with Gasteiger partial charge in [0.2, 0.25) is 0 Å². The first-order valence-electron chi connectivity index (χ1n) is 9.00. The van der Waals surface area contributed by atoms with E-state index >= 15 is 0 Å². The predicted molar refractivity (Wildman–Crippen MR) is 97.5 cm³/mol. The van der Waals surface area contributed by atoms with Crippen molar-refractivity contribution in [2.75, 3.05) is 27.4 Å². The highest BCUT2D eigenvalue weighted by molar-refractivity contribution is 5.53. The van der Waals surface area contributed by atoms with E-state index in [1.807, 2.05) is 0 Å². The molecule has 2 fully saturated rings. The summed E-state index contributed by atoms with van der Waals surface area (Å²) >= 11 is 0. The Morgan fingerprint density at radius 3 is 2.07 bits per heavy atom. The maximum Gasteiger partial charge on any atom is 0.183 e. The Balaban J connectivity index is 2.30. The number of aliphatic hydroxyl groups excluding tert-OH is 4. The average molecular weight is 406 g/mol. The molecular weight excluding hydrogens is 376 g/mol. The van der Waals surface area contributed by atoms with Crippen LogP contribution in [0.4, 0.5) is 0 Å². The summed E-state index contributed by atoms with van der Waals surface area (Å²) in [5.41, 5.74) is 0. The van der Waals surface area contributed by atoms with Crippen LogP contribution in [-0.2, 0) is 23.7 Å². The number of ether oxygens (including phenoxy) is 5. The highest BCUT2D eigenvalue weighted by atomic mass is 16.7. The van der Waals surface area contributed by atoms with Crippen molar-refractivity contribution >= 4 is 12.9 Å². The lowest BCUT2D eigenvalue weighted by atomic mass is 9.95. The average Bonchev–Trinajstić information content (AvgIpc) is 2.70. The smallest absolute Gasteiger partial charge is 0.183 e. The second kappa shape index (κ2) is 10.7. The van der Waals surface area contributed by atoms with Gasteiger partial charge in [0, 0.05) is 14.2 Å². The van der Waals surface area contributed by atoms with E-state index < -0.39 is 74.5 Å². The fourth-order valence-corrected chi connectivity index (χ4v) is 3.54. The van der Waals surface area contributed by atoms with Crippen LogP contribution in [0.2, 0.25) is 0 Å². The summed E-state index contributed by atoms with van der Waals surface area (Å²) in [4.78, 5) is 8.14. The van der Waals surface area contributed by atoms with Crippen LogP contribution in [0.15, 0.2) is 9.98 Å². The molecule has 0 aromatic rings. The van der Waals surface area contributed by atoms with E-state index in [4.69, 9.17) is 23.7 Å². The SMILES string of the molecule is C=N[C@H]1[C@@H](O[C@@H]2[C@@H](/N=C/C)[C@@H](OC)OC(CO)[C@@H]2O)OC(CO)[C@H](OC)[C@H]1O. The van der Waals surface area contributed by atoms with Crippen LogP contribution in [0, 0.1) is 0 Å². The molecule has 2 heterocycles. The lowest BCUT2D eigenvalue weighted by Crippen LogP contribution is -2.64. The van der Waals surface area contributed by atoms with Gasteiger partial charge in [-0.2, -0.15) is 0 Å². The molecule has 2 rings (SSSR count). The lowest BCUT2D eigenvalue weighted by Gasteiger charge is -2.46. The summed E-state index contributed by atoms with van der Waals surface area (Å²) in [5.74, 6) is 0. The molecule has 162 valence electrons. The molecule has 4 N–H and O–H groups in total. The highest BCUT2D eigenvalue weighted by Gasteiger charge is 2.51. The Hall–Kier alpha value is -1.02. The molecule has 0 spiro atoms. The van der Waals surface area contributed by atoms with E-state index in [9.17, 15) is 20.4 Å². The Kier molecular flexibility index (Phi) is 8.86. The second-order valence-electron chi connectivity index (χ2n) is 6.54. The summed E-state index contributed by atoms with van der Waals surface area (Å²) in [7, 11) is 2.79. The molecule has 2 aliphatic heterocycles. The third-order valence-corrected chi connectivity index (χ3v) is 4.97. The molecule has 0 amide bonds. The molecule has 11 heteroatoms. The molecule has 2 saturated heterocycles. The van der Waals surface area contributed by atoms with Gasteiger partial charge in [0.15, 0.2) is 12.6 Å². The second-order valence-corrected chi connectivity index (χ2v) is 6.54. The maximum absolute atomic E-state index is 10.6. The zero-order valence-electron chi connectivity index (χ0n) is 16.2. The van der Waals surface area contributed by atoms with E-state index in [1.54, 1.807) is 6.92 Å². The van der Waals surface area contributed by atoms with Gasteiger partial charge in [-0.25, -0.2) is 0 Å². The fourth-order valence-electron chi connectivity index (χ4n) is 3.54. The van der Waals surface area contributed by atoms with Crippen LogP contribution in [0.5, 0.6) is 0 Å². The molecule has 0 radical (unpaired) electrons. The molecule has 2 unspecified atom stereocenters. The third-order valence-electron chi connectivity index (χ3n) is 4.97. The van der Waals surface area contributed by atoms with Gasteiger partial charge in [0.05, 0.1) is 13.2 Å². The van der Waals surface area contributed by atoms with E-state index in [1.165, 1.54) is 20.4 Å². The van der Waals surface area contributed by atoms with E-state index in [0.29, 0.717) is 0 Å². The van der Waals surface area contributed by atoms with Gasteiger partial charge in [-0.05, 0) is 19.9 Å². The predicted octanol–water partition coefficient (Wildman–Crippen LogP) is -2.28. The standard InChI is InChI=1S/C17H30N2O9/c1-5-19-11-15(12(22)8(6-20)26-16(11)25-4)28-17-10(18-2)13(23)14(24-3)9(7-21)27-17/h5,8-17,20-23H,2,6-7H2,1,3-4H3/b19-5+/t8?,9?,10-,11-,12+,13+,14+,15-,16+,17-/m1/s1. The van der Waals surface area contributed by atoms with Crippen LogP contribution < -0.4 is 0 Å². The first kappa shape index (κ1) is 23.3. The van der Waals surface area contributed by atoms with Crippen LogP contribution in [0.3, 0.4) is 0 Å². The van der Waals surface area contributed by atoms with Gasteiger partial charge < -0.3 is 44.1 Å². The first-order chi connectivity index (χ1) is 13.5. The van der Waals surface area contributed by atoms with Crippen molar-refractivity contribution in [3.8, 4) is 0 Å². The number of hydrogen-bond donors (Lipinski definition) is 4. The summed E-state index contributed by atoms with van der Waals surface area (Å²) in [6, 6.07) is -1.71. The van der Waals surface area contributed by atoms with Crippen LogP contribution >= 0.6 is 0 Å². The van der Waals surface area contributed by atoms with Gasteiger partial charge >= 0.3 is 0 Å². The number of methoxy groups -OCH3 is 2. The van der Waals surface area contributed by atoms with Gasteiger partial charge in [0.25, 0.3) is 0 Å². The summed E-state index contributed by atoms with van der Waals surface area (Å²) < 4.78 is 27.7. The largest absolute Gasteiger partial charge is 0.394 e. The van der Waals surface area contributed by atoms with E-state index in [0.717, 1.165) is 0 Å². The van der Waals surface area contributed by atoms with Crippen LogP contribution in [-0.4, -0.2) is 122 Å². The maximum atomic E-state index is 10.6. The third kappa shape index (κ3) is 4.58. The Morgan fingerprint density at radius 2 is 1.57 bits per heavy atom. The highest BCUT2D eigenvalue weighted by Crippen LogP contribution is 2.32. The van der Waals surface area contributed by atoms with Gasteiger partial charge in [-0.15, -0.1) is 0 Å². The van der Waals surface area contributed by atoms with E-state index in [2.05, 4.69) is 16.7 Å². The Labute approximate surface area is 163 Å². The fraction of sp³-hybridized carbons (Fsp3) is 0.882. The van der Waals surface area contributed by atoms with Crippen molar-refractivity contribution in [1.29, 1.82) is 0 Å². The molecule has 10 atom stereocenters. The van der Waals surface area contributed by atoms with Crippen molar-refractivity contribution in [2.24, 2.45) is 9.98 Å². The monoisotopic (exact) mass is 406 g/mol. The molecule has 0 aromatic carbocycles. The topological polar surface area (TPSA) is 152 Å². The van der Waals surface area contributed by atoms with Crippen molar-refractivity contribution in [3.05, 3.63) is 0 Å². The quantitative estimate of drug-likeness (QED) is 0.327. The number of rotatable bonds is 8. The van der Waals surface area contributed by atoms with Gasteiger partial charge in [0.1, 0.15) is 48.7 Å². The van der Waals surface area contributed by atoms with E-state index in [-0.39, 0.29) is 0 Å². The molecule has 2 aliphatic rings. The number of aliphatic hydroxyl groups is 4. The first-order valence-corrected chi connectivity index (χ1v) is 9.00. The van der Waals surface area contributed by atoms with Gasteiger partial charge in [-0.3, -0.25) is 9.98 Å². The molecule has 28 heavy (non-hydrogen) atoms. The summed E-state index contributed by atoms with van der Waals surface area (Å²) in [6.45, 7) is 4.26. The van der Waals surface area contributed by atoms with Gasteiger partial charge in [-0.1, -0.05) is 0 Å². The molecule has 11 nitrogen and oxygen atoms in total. The van der Waals surface area contributed by atoms with Crippen LogP contribution in [0.25, 0.3) is 0 Å². The number of hydrogen-bond acceptors (Lipinski definition) is 11. The molecule has 0 aliphatic carbocycles. The zero-order chi connectivity index (χ0) is 20.8. The summed E-state index contributed by atoms with van der Waals surface area (Å²) in [6.07, 6.45) is -6.62. The minimum atomic E-state index is -1.26. The Morgan fingerprint density at radius 1 is 0.929 bits per heavy atom. The van der Waals surface area contributed by atoms with Crippen molar-refractivity contribution < 1.29 is 44.1 Å². The van der Waals surface area contributed by atoms with Crippen molar-refractivity contribution in [2.45, 2.75) is 68.2 Å². The normalized spacial score (nSPS) is 44.7. The molecular formula is C17H30N2O9. The minimum absolute atomic E-state index is 0.424. The molecule has 0 saturated carbocycles. The lowest BCUT2D eigenvalue weighted by molar-refractivity contribution is -0.322. The van der Waals surface area contributed by atoms with Crippen LogP contribution in [0.1, 0.15) is 6.92 Å². The minimum Gasteiger partial charge on any atom is -0.394 e. The van der Waals surface area contributed by atoms with Crippen molar-refractivity contribution in [3.63, 3.8) is 0 Å². The van der Waals surface area contributed by atoms with Crippen molar-refractivity contribution in [1.82, 2.24) is 0 Å². The number of aliphatic imine (C=N–C) groups is 2.